The van der Waals surface area contributed by atoms with Gasteiger partial charge in [-0.1, -0.05) is 5.16 Å². The van der Waals surface area contributed by atoms with E-state index in [2.05, 4.69) is 14.7 Å². The fraction of sp³-hybridized carbons (Fsp3) is 0.714. The van der Waals surface area contributed by atoms with E-state index in [-0.39, 0.29) is 12.4 Å². The Kier molecular flexibility index (Phi) is 6.37. The van der Waals surface area contributed by atoms with E-state index in [9.17, 15) is 4.79 Å². The predicted octanol–water partition coefficient (Wildman–Crippen LogP) is 0.962. The number of nitrogens with zero attached hydrogens (tertiary/aromatic N) is 1. The highest BCUT2D eigenvalue weighted by molar-refractivity contribution is 5.85. The van der Waals surface area contributed by atoms with E-state index in [1.54, 1.807) is 6.92 Å². The number of rotatable bonds is 5. The molecule has 64 valence electrons. The highest BCUT2D eigenvalue weighted by atomic mass is 16.6. The van der Waals surface area contributed by atoms with Crippen LogP contribution in [0.5, 0.6) is 0 Å². The van der Waals surface area contributed by atoms with Crippen molar-refractivity contribution in [2.75, 3.05) is 13.2 Å². The topological polar surface area (TPSA) is 47.9 Å². The third-order valence-corrected chi connectivity index (χ3v) is 0.841. The Bertz CT molecular complexity index is 134. The van der Waals surface area contributed by atoms with Gasteiger partial charge in [-0.05, 0) is 13.8 Å². The molecule has 0 aromatic carbocycles. The summed E-state index contributed by atoms with van der Waals surface area (Å²) in [4.78, 5) is 15.3. The molecule has 4 nitrogen and oxygen atoms in total. The highest BCUT2D eigenvalue weighted by Crippen LogP contribution is 1.83. The Hall–Kier alpha value is -1.06. The maximum absolute atomic E-state index is 10.6. The van der Waals surface area contributed by atoms with Crippen molar-refractivity contribution in [2.45, 2.75) is 20.3 Å². The predicted molar refractivity (Wildman–Crippen MR) is 41.4 cm³/mol. The molecular formula is C7H13NO3. The number of carbonyl (C=O) groups is 1. The molecule has 0 unspecified atom stereocenters. The first kappa shape index (κ1) is 9.94. The molecule has 0 bridgehead atoms. The zero-order valence-corrected chi connectivity index (χ0v) is 6.87. The molecule has 0 atom stereocenters. The van der Waals surface area contributed by atoms with Crippen LogP contribution in [0.2, 0.25) is 0 Å². The molecule has 0 rings (SSSR count). The maximum Gasteiger partial charge on any atom is 0.311 e. The number of hydrogen-bond donors (Lipinski definition) is 0. The van der Waals surface area contributed by atoms with Crippen LogP contribution in [0.1, 0.15) is 20.3 Å². The minimum atomic E-state index is -0.282. The van der Waals surface area contributed by atoms with Gasteiger partial charge in [0.25, 0.3) is 0 Å². The first-order chi connectivity index (χ1) is 5.31. The Morgan fingerprint density at radius 1 is 1.45 bits per heavy atom. The van der Waals surface area contributed by atoms with E-state index < -0.39 is 0 Å². The molecule has 11 heavy (non-hydrogen) atoms. The van der Waals surface area contributed by atoms with Crippen molar-refractivity contribution in [2.24, 2.45) is 5.16 Å². The smallest absolute Gasteiger partial charge is 0.311 e. The lowest BCUT2D eigenvalue weighted by atomic mass is 10.5. The summed E-state index contributed by atoms with van der Waals surface area (Å²) >= 11 is 0. The fourth-order valence-electron chi connectivity index (χ4n) is 0.459. The number of ether oxygens (including phenoxy) is 1. The molecule has 0 radical (unpaired) electrons. The van der Waals surface area contributed by atoms with Crippen molar-refractivity contribution < 1.29 is 14.4 Å². The lowest BCUT2D eigenvalue weighted by Crippen LogP contribution is -2.03. The average Bonchev–Trinajstić information content (AvgIpc) is 1.99. The molecule has 0 spiro atoms. The molecule has 0 saturated heterocycles. The second kappa shape index (κ2) is 7.05. The van der Waals surface area contributed by atoms with Crippen LogP contribution in [-0.2, 0) is 14.4 Å². The van der Waals surface area contributed by atoms with Gasteiger partial charge in [-0.25, -0.2) is 0 Å². The van der Waals surface area contributed by atoms with Gasteiger partial charge in [0, 0.05) is 0 Å². The van der Waals surface area contributed by atoms with Crippen LogP contribution in [0.3, 0.4) is 0 Å². The van der Waals surface area contributed by atoms with Gasteiger partial charge in [0.2, 0.25) is 0 Å². The Morgan fingerprint density at radius 2 is 2.18 bits per heavy atom. The molecule has 0 aromatic heterocycles. The summed E-state index contributed by atoms with van der Waals surface area (Å²) in [5.74, 6) is -0.282. The van der Waals surface area contributed by atoms with Gasteiger partial charge in [0.05, 0.1) is 19.2 Å². The van der Waals surface area contributed by atoms with Crippen molar-refractivity contribution in [1.29, 1.82) is 0 Å². The number of oxime groups is 1. The van der Waals surface area contributed by atoms with E-state index >= 15 is 0 Å². The van der Waals surface area contributed by atoms with Gasteiger partial charge < -0.3 is 9.57 Å². The first-order valence-electron chi connectivity index (χ1n) is 3.60. The highest BCUT2D eigenvalue weighted by Gasteiger charge is 1.96. The van der Waals surface area contributed by atoms with Crippen LogP contribution in [0.15, 0.2) is 5.16 Å². The molecule has 0 aliphatic carbocycles. The van der Waals surface area contributed by atoms with Gasteiger partial charge in [0.1, 0.15) is 6.61 Å². The van der Waals surface area contributed by atoms with Gasteiger partial charge in [-0.2, -0.15) is 0 Å². The largest absolute Gasteiger partial charge is 0.466 e. The zero-order valence-electron chi connectivity index (χ0n) is 6.87. The van der Waals surface area contributed by atoms with Crippen molar-refractivity contribution in [3.05, 3.63) is 0 Å². The second-order valence-electron chi connectivity index (χ2n) is 1.71. The van der Waals surface area contributed by atoms with Gasteiger partial charge in [-0.3, -0.25) is 4.79 Å². The zero-order chi connectivity index (χ0) is 8.53. The summed E-state index contributed by atoms with van der Waals surface area (Å²) in [5.41, 5.74) is 0. The molecule has 0 saturated carbocycles. The Labute approximate surface area is 66.2 Å². The van der Waals surface area contributed by atoms with Gasteiger partial charge in [0.15, 0.2) is 0 Å². The van der Waals surface area contributed by atoms with Gasteiger partial charge in [-0.15, -0.1) is 0 Å². The number of hydrogen-bond acceptors (Lipinski definition) is 4. The SMILES string of the molecule is CCO/N=C/CC(=O)OCC. The lowest BCUT2D eigenvalue weighted by Gasteiger charge is -1.95. The summed E-state index contributed by atoms with van der Waals surface area (Å²) in [5, 5.41) is 3.49. The normalized spacial score (nSPS) is 10.0. The van der Waals surface area contributed by atoms with Gasteiger partial charge >= 0.3 is 5.97 Å². The van der Waals surface area contributed by atoms with Crippen LogP contribution in [0.4, 0.5) is 0 Å². The summed E-state index contributed by atoms with van der Waals surface area (Å²) < 4.78 is 4.64. The van der Waals surface area contributed by atoms with Crippen LogP contribution in [-0.4, -0.2) is 25.4 Å². The molecule has 0 aromatic rings. The molecule has 4 heteroatoms. The second-order valence-corrected chi connectivity index (χ2v) is 1.71. The Balaban J connectivity index is 3.29. The number of esters is 1. The van der Waals surface area contributed by atoms with Crippen molar-refractivity contribution in [1.82, 2.24) is 0 Å². The summed E-state index contributed by atoms with van der Waals surface area (Å²) in [6, 6.07) is 0. The van der Waals surface area contributed by atoms with Crippen LogP contribution < -0.4 is 0 Å². The average molecular weight is 159 g/mol. The fourth-order valence-corrected chi connectivity index (χ4v) is 0.459. The van der Waals surface area contributed by atoms with E-state index in [0.717, 1.165) is 0 Å². The third-order valence-electron chi connectivity index (χ3n) is 0.841. The maximum atomic E-state index is 10.6. The van der Waals surface area contributed by atoms with Crippen LogP contribution in [0, 0.1) is 0 Å². The Morgan fingerprint density at radius 3 is 2.73 bits per heavy atom. The minimum Gasteiger partial charge on any atom is -0.466 e. The van der Waals surface area contributed by atoms with E-state index in [1.807, 2.05) is 6.92 Å². The van der Waals surface area contributed by atoms with Crippen molar-refractivity contribution in [3.63, 3.8) is 0 Å². The van der Waals surface area contributed by atoms with E-state index in [4.69, 9.17) is 0 Å². The van der Waals surface area contributed by atoms with E-state index in [0.29, 0.717) is 13.2 Å². The molecule has 0 aliphatic heterocycles. The summed E-state index contributed by atoms with van der Waals surface area (Å²) in [7, 11) is 0. The third kappa shape index (κ3) is 6.83. The molecule has 0 fully saturated rings. The van der Waals surface area contributed by atoms with Crippen LogP contribution >= 0.6 is 0 Å². The molecule has 0 heterocycles. The molecular weight excluding hydrogens is 146 g/mol. The molecule has 0 N–H and O–H groups in total. The monoisotopic (exact) mass is 159 g/mol. The molecule has 0 amide bonds. The van der Waals surface area contributed by atoms with Crippen molar-refractivity contribution in [3.8, 4) is 0 Å². The van der Waals surface area contributed by atoms with Crippen LogP contribution in [0.25, 0.3) is 0 Å². The molecule has 0 aliphatic rings. The quantitative estimate of drug-likeness (QED) is 0.341. The summed E-state index contributed by atoms with van der Waals surface area (Å²) in [6.45, 7) is 4.50. The lowest BCUT2D eigenvalue weighted by molar-refractivity contribution is -0.141. The summed E-state index contributed by atoms with van der Waals surface area (Å²) in [6.07, 6.45) is 1.56. The first-order valence-corrected chi connectivity index (χ1v) is 3.60. The van der Waals surface area contributed by atoms with E-state index in [1.165, 1.54) is 6.21 Å². The number of carbonyl (C=O) groups excluding carboxylic acids is 1. The van der Waals surface area contributed by atoms with Crippen molar-refractivity contribution >= 4 is 12.2 Å². The minimum absolute atomic E-state index is 0.174. The standard InChI is InChI=1S/C7H13NO3/c1-3-10-7(9)5-6-8-11-4-2/h6H,3-5H2,1-2H3/b8-6+.